The second-order valence-corrected chi connectivity index (χ2v) is 15.3. The lowest BCUT2D eigenvalue weighted by atomic mass is 9.62. The molecule has 15 heteroatoms. The van der Waals surface area contributed by atoms with E-state index in [2.05, 4.69) is 10.6 Å². The Hall–Kier alpha value is -4.67. The zero-order valence-corrected chi connectivity index (χ0v) is 31.1. The zero-order valence-electron chi connectivity index (χ0n) is 31.1. The number of hydroxylamine groups is 2. The molecule has 4 aliphatic rings. The highest BCUT2D eigenvalue weighted by molar-refractivity contribution is 5.95. The molecule has 2 bridgehead atoms. The number of aliphatic hydroxyl groups is 1. The number of esters is 2. The van der Waals surface area contributed by atoms with Gasteiger partial charge in [0.2, 0.25) is 11.8 Å². The number of likely N-dealkylation sites (N-methyl/N-ethyl adjacent to an activating group) is 1. The molecule has 3 aliphatic heterocycles. The SMILES string of the molecule is CN(C)C(=O)C=Cc1cccc(CN2OC3C4OCOC4C4CC3(C(=O)NCc3cccc(C(=O)NC(CO)CCC(=O)OC(C)(C)C)c3)C2C(=O)O4)c1. The normalized spacial score (nSPS) is 26.5. The molecule has 4 fully saturated rings. The molecular formula is C39H48N4O11. The molecule has 0 spiro atoms. The minimum atomic E-state index is -1.37. The minimum absolute atomic E-state index is 0.0237. The molecule has 2 aromatic carbocycles. The summed E-state index contributed by atoms with van der Waals surface area (Å²) >= 11 is 0. The number of hydrogen-bond donors (Lipinski definition) is 3. The van der Waals surface area contributed by atoms with Crippen LogP contribution in [0, 0.1) is 5.41 Å². The Morgan fingerprint density at radius 1 is 1.07 bits per heavy atom. The molecule has 3 saturated heterocycles. The van der Waals surface area contributed by atoms with Crippen LogP contribution in [0.4, 0.5) is 0 Å². The summed E-state index contributed by atoms with van der Waals surface area (Å²) in [6.45, 7) is 5.07. The van der Waals surface area contributed by atoms with Crippen LogP contribution in [-0.2, 0) is 56.1 Å². The fourth-order valence-corrected chi connectivity index (χ4v) is 7.46. The van der Waals surface area contributed by atoms with E-state index in [-0.39, 0.29) is 51.7 Å². The lowest BCUT2D eigenvalue weighted by molar-refractivity contribution is -0.201. The minimum Gasteiger partial charge on any atom is -0.460 e. The number of rotatable bonds is 13. The van der Waals surface area contributed by atoms with E-state index in [1.165, 1.54) is 16.0 Å². The molecule has 2 aromatic rings. The summed E-state index contributed by atoms with van der Waals surface area (Å²) < 4.78 is 22.9. The monoisotopic (exact) mass is 748 g/mol. The largest absolute Gasteiger partial charge is 0.460 e. The van der Waals surface area contributed by atoms with Crippen LogP contribution in [0.1, 0.15) is 67.1 Å². The second kappa shape index (κ2) is 16.0. The van der Waals surface area contributed by atoms with Crippen molar-refractivity contribution in [2.45, 2.75) is 95.2 Å². The van der Waals surface area contributed by atoms with Gasteiger partial charge in [-0.2, -0.15) is 5.06 Å². The Balaban J connectivity index is 1.16. The van der Waals surface area contributed by atoms with Crippen molar-refractivity contribution in [1.29, 1.82) is 0 Å². The van der Waals surface area contributed by atoms with Crippen molar-refractivity contribution in [1.82, 2.24) is 20.6 Å². The van der Waals surface area contributed by atoms with Crippen LogP contribution in [0.15, 0.2) is 54.6 Å². The molecule has 0 aromatic heterocycles. The molecule has 3 amide bonds. The van der Waals surface area contributed by atoms with Crippen LogP contribution in [0.5, 0.6) is 0 Å². The first kappa shape index (κ1) is 39.0. The van der Waals surface area contributed by atoms with Gasteiger partial charge in [0, 0.05) is 45.1 Å². The number of fused-ring (bicyclic) bond motifs is 4. The standard InChI is InChI=1S/C39H48N4O11/c1-38(2,3)53-30(46)15-13-27(21-44)41-35(47)26-11-7-9-24(17-26)19-40-37(49)39-18-28-31-32(51-22-50-31)34(39)54-43(33(39)36(48)52-28)20-25-10-6-8-23(16-25)12-14-29(45)42(4)5/h6-12,14,16-17,27-28,31-34,44H,13,15,18-22H2,1-5H3,(H,40,49)(H,41,47). The van der Waals surface area contributed by atoms with Gasteiger partial charge < -0.3 is 39.6 Å². The number of nitrogens with one attached hydrogen (secondary N) is 2. The van der Waals surface area contributed by atoms with Crippen molar-refractivity contribution >= 4 is 35.7 Å². The molecule has 290 valence electrons. The smallest absolute Gasteiger partial charge is 0.327 e. The van der Waals surface area contributed by atoms with Crippen LogP contribution in [0.25, 0.3) is 6.08 Å². The van der Waals surface area contributed by atoms with Gasteiger partial charge in [-0.15, -0.1) is 0 Å². The summed E-state index contributed by atoms with van der Waals surface area (Å²) in [6.07, 6.45) is 0.726. The van der Waals surface area contributed by atoms with Gasteiger partial charge in [0.1, 0.15) is 42.2 Å². The van der Waals surface area contributed by atoms with Gasteiger partial charge in [0.05, 0.1) is 19.2 Å². The van der Waals surface area contributed by atoms with Crippen molar-refractivity contribution in [3.8, 4) is 0 Å². The lowest BCUT2D eigenvalue weighted by Crippen LogP contribution is -2.69. The molecule has 7 unspecified atom stereocenters. The van der Waals surface area contributed by atoms with Gasteiger partial charge in [-0.05, 0) is 62.1 Å². The Morgan fingerprint density at radius 3 is 2.56 bits per heavy atom. The molecule has 1 aliphatic carbocycles. The quantitative estimate of drug-likeness (QED) is 0.200. The maximum Gasteiger partial charge on any atom is 0.327 e. The summed E-state index contributed by atoms with van der Waals surface area (Å²) in [4.78, 5) is 73.6. The van der Waals surface area contributed by atoms with Crippen LogP contribution in [0.3, 0.4) is 0 Å². The highest BCUT2D eigenvalue weighted by atomic mass is 16.8. The summed E-state index contributed by atoms with van der Waals surface area (Å²) in [5.74, 6) is -2.07. The topological polar surface area (TPSA) is 182 Å². The number of carbonyl (C=O) groups excluding carboxylic acids is 5. The molecule has 3 N–H and O–H groups in total. The molecule has 6 rings (SSSR count). The van der Waals surface area contributed by atoms with Crippen LogP contribution < -0.4 is 10.6 Å². The fourth-order valence-electron chi connectivity index (χ4n) is 7.46. The third kappa shape index (κ3) is 8.35. The summed E-state index contributed by atoms with van der Waals surface area (Å²) in [5, 5.41) is 17.1. The van der Waals surface area contributed by atoms with Crippen LogP contribution in [-0.4, -0.2) is 114 Å². The Morgan fingerprint density at radius 2 is 1.81 bits per heavy atom. The van der Waals surface area contributed by atoms with E-state index in [0.717, 1.165) is 11.1 Å². The van der Waals surface area contributed by atoms with E-state index < -0.39 is 71.3 Å². The lowest BCUT2D eigenvalue weighted by Gasteiger charge is -2.48. The van der Waals surface area contributed by atoms with Gasteiger partial charge >= 0.3 is 11.9 Å². The number of nitrogens with zero attached hydrogens (tertiary/aromatic N) is 2. The van der Waals surface area contributed by atoms with Crippen LogP contribution in [0.2, 0.25) is 0 Å². The Bertz CT molecular complexity index is 1790. The molecule has 15 nitrogen and oxygen atoms in total. The number of hydrogen-bond acceptors (Lipinski definition) is 12. The predicted octanol–water partition coefficient (Wildman–Crippen LogP) is 1.86. The van der Waals surface area contributed by atoms with Crippen molar-refractivity contribution in [2.75, 3.05) is 27.5 Å². The van der Waals surface area contributed by atoms with Gasteiger partial charge in [-0.25, -0.2) is 0 Å². The third-order valence-corrected chi connectivity index (χ3v) is 9.96. The maximum atomic E-state index is 14.5. The molecule has 1 saturated carbocycles. The first-order valence-electron chi connectivity index (χ1n) is 18.0. The summed E-state index contributed by atoms with van der Waals surface area (Å²) in [6, 6.07) is 12.3. The number of amides is 3. The van der Waals surface area contributed by atoms with Gasteiger partial charge in [-0.3, -0.25) is 28.8 Å². The van der Waals surface area contributed by atoms with Crippen molar-refractivity contribution in [3.05, 3.63) is 76.9 Å². The average molecular weight is 749 g/mol. The first-order chi connectivity index (χ1) is 25.7. The highest BCUT2D eigenvalue weighted by Crippen LogP contribution is 2.55. The second-order valence-electron chi connectivity index (χ2n) is 15.3. The number of ether oxygens (including phenoxy) is 4. The number of aliphatic hydroxyl groups excluding tert-OH is 1. The third-order valence-electron chi connectivity index (χ3n) is 9.96. The molecule has 7 atom stereocenters. The van der Waals surface area contributed by atoms with Gasteiger partial charge in [0.15, 0.2) is 6.04 Å². The van der Waals surface area contributed by atoms with E-state index in [0.29, 0.717) is 11.1 Å². The maximum absolute atomic E-state index is 14.5. The molecule has 54 heavy (non-hydrogen) atoms. The zero-order chi connectivity index (χ0) is 38.8. The summed E-state index contributed by atoms with van der Waals surface area (Å²) in [7, 11) is 3.33. The fraction of sp³-hybridized carbons (Fsp3) is 0.513. The number of carbonyl (C=O) groups is 5. The van der Waals surface area contributed by atoms with E-state index >= 15 is 0 Å². The van der Waals surface area contributed by atoms with Crippen molar-refractivity contribution in [2.24, 2.45) is 5.41 Å². The molecule has 0 radical (unpaired) electrons. The Kier molecular flexibility index (Phi) is 11.5. The number of benzene rings is 2. The van der Waals surface area contributed by atoms with Crippen molar-refractivity contribution < 1.29 is 52.9 Å². The van der Waals surface area contributed by atoms with E-state index in [1.54, 1.807) is 65.2 Å². The van der Waals surface area contributed by atoms with E-state index in [9.17, 15) is 29.1 Å². The van der Waals surface area contributed by atoms with Gasteiger partial charge in [-0.1, -0.05) is 36.4 Å². The highest BCUT2D eigenvalue weighted by Gasteiger charge is 2.74. The van der Waals surface area contributed by atoms with Crippen molar-refractivity contribution in [3.63, 3.8) is 0 Å². The van der Waals surface area contributed by atoms with Crippen LogP contribution >= 0.6 is 0 Å². The Labute approximate surface area is 313 Å². The van der Waals surface area contributed by atoms with Gasteiger partial charge in [0.25, 0.3) is 5.91 Å². The molecule has 3 heterocycles. The predicted molar refractivity (Wildman–Crippen MR) is 192 cm³/mol. The van der Waals surface area contributed by atoms with E-state index in [1.807, 2.05) is 24.3 Å². The summed E-state index contributed by atoms with van der Waals surface area (Å²) in [5.41, 5.74) is 0.454. The first-order valence-corrected chi connectivity index (χ1v) is 18.0. The average Bonchev–Trinajstić information content (AvgIpc) is 3.75. The van der Waals surface area contributed by atoms with E-state index in [4.69, 9.17) is 23.8 Å². The molecular weight excluding hydrogens is 700 g/mol.